The summed E-state index contributed by atoms with van der Waals surface area (Å²) in [6, 6.07) is 11.2. The molecule has 1 aromatic carbocycles. The Bertz CT molecular complexity index is 715. The molecule has 27 heavy (non-hydrogen) atoms. The van der Waals surface area contributed by atoms with Crippen molar-refractivity contribution in [1.29, 1.82) is 0 Å². The number of hydrogen-bond acceptors (Lipinski definition) is 1. The lowest BCUT2D eigenvalue weighted by Crippen LogP contribution is -2.60. The quantitative estimate of drug-likeness (QED) is 0.581. The molecule has 4 unspecified atom stereocenters. The maximum Gasteiger partial charge on any atom is 0.139 e. The number of carbonyl (C=O) groups excluding carboxylic acids is 1. The highest BCUT2D eigenvalue weighted by molar-refractivity contribution is 5.86. The third kappa shape index (κ3) is 3.00. The van der Waals surface area contributed by atoms with Crippen molar-refractivity contribution in [2.45, 2.75) is 89.9 Å². The van der Waals surface area contributed by atoms with Crippen LogP contribution in [0, 0.1) is 28.6 Å². The molecular formula is C26H36O. The molecule has 4 atom stereocenters. The van der Waals surface area contributed by atoms with Crippen LogP contribution >= 0.6 is 0 Å². The lowest BCUT2D eigenvalue weighted by Gasteiger charge is -2.66. The minimum Gasteiger partial charge on any atom is -0.299 e. The first kappa shape index (κ1) is 18.0. The standard InChI is InChI=1S/C26H36O/c1-19-8-10-20(11-9-19)12-23(27)26-15-21-13-24(2,17-26)16-25(14-21,18-26)22-6-4-3-5-7-22/h3-7,19-21H,8-18H2,1-2H3. The Labute approximate surface area is 165 Å². The first-order chi connectivity index (χ1) is 12.9. The number of Topliss-reactive ketones (excluding diaryl/α,β-unsaturated/α-hetero) is 1. The Morgan fingerprint density at radius 1 is 0.963 bits per heavy atom. The predicted molar refractivity (Wildman–Crippen MR) is 111 cm³/mol. The Morgan fingerprint density at radius 2 is 1.70 bits per heavy atom. The SMILES string of the molecule is CC1CCC(CC(=O)C23CC4CC(C)(C2)CC(c2ccccc2)(C4)C3)CC1. The van der Waals surface area contributed by atoms with E-state index >= 15 is 0 Å². The first-order valence-corrected chi connectivity index (χ1v) is 11.5. The van der Waals surface area contributed by atoms with Gasteiger partial charge in [0.05, 0.1) is 0 Å². The largest absolute Gasteiger partial charge is 0.299 e. The van der Waals surface area contributed by atoms with Crippen LogP contribution in [0.4, 0.5) is 0 Å². The highest BCUT2D eigenvalue weighted by Gasteiger charge is 2.64. The second-order valence-electron chi connectivity index (χ2n) is 11.5. The normalized spacial score (nSPS) is 45.8. The zero-order valence-corrected chi connectivity index (χ0v) is 17.3. The van der Waals surface area contributed by atoms with Crippen LogP contribution in [0.15, 0.2) is 30.3 Å². The fourth-order valence-electron chi connectivity index (χ4n) is 8.36. The number of carbonyl (C=O) groups is 1. The molecule has 5 saturated carbocycles. The number of rotatable bonds is 4. The molecule has 5 fully saturated rings. The van der Waals surface area contributed by atoms with Crippen molar-refractivity contribution in [3.63, 3.8) is 0 Å². The topological polar surface area (TPSA) is 17.1 Å². The molecule has 5 aliphatic rings. The van der Waals surface area contributed by atoms with Crippen LogP contribution in [0.3, 0.4) is 0 Å². The predicted octanol–water partition coefficient (Wildman–Crippen LogP) is 6.70. The summed E-state index contributed by atoms with van der Waals surface area (Å²) < 4.78 is 0. The van der Waals surface area contributed by atoms with Crippen LogP contribution in [-0.4, -0.2) is 5.78 Å². The van der Waals surface area contributed by atoms with Gasteiger partial charge in [-0.25, -0.2) is 0 Å². The average molecular weight is 365 g/mol. The van der Waals surface area contributed by atoms with Crippen LogP contribution in [-0.2, 0) is 10.2 Å². The van der Waals surface area contributed by atoms with Crippen molar-refractivity contribution in [3.05, 3.63) is 35.9 Å². The zero-order valence-electron chi connectivity index (χ0n) is 17.3. The molecule has 0 N–H and O–H groups in total. The summed E-state index contributed by atoms with van der Waals surface area (Å²) >= 11 is 0. The van der Waals surface area contributed by atoms with Crippen molar-refractivity contribution < 1.29 is 4.79 Å². The second kappa shape index (κ2) is 6.19. The van der Waals surface area contributed by atoms with Crippen LogP contribution in [0.25, 0.3) is 0 Å². The van der Waals surface area contributed by atoms with Gasteiger partial charge in [0, 0.05) is 11.8 Å². The Morgan fingerprint density at radius 3 is 2.41 bits per heavy atom. The van der Waals surface area contributed by atoms with E-state index in [1.165, 1.54) is 63.4 Å². The molecule has 146 valence electrons. The lowest BCUT2D eigenvalue weighted by atomic mass is 9.38. The van der Waals surface area contributed by atoms with Gasteiger partial charge in [-0.2, -0.15) is 0 Å². The third-order valence-corrected chi connectivity index (χ3v) is 8.93. The summed E-state index contributed by atoms with van der Waals surface area (Å²) in [6.45, 7) is 4.88. The van der Waals surface area contributed by atoms with Crippen molar-refractivity contribution in [2.24, 2.45) is 28.6 Å². The van der Waals surface area contributed by atoms with E-state index in [2.05, 4.69) is 44.2 Å². The van der Waals surface area contributed by atoms with Gasteiger partial charge in [0.15, 0.2) is 0 Å². The zero-order chi connectivity index (χ0) is 18.7. The molecule has 6 rings (SSSR count). The van der Waals surface area contributed by atoms with E-state index in [-0.39, 0.29) is 10.8 Å². The summed E-state index contributed by atoms with van der Waals surface area (Å²) in [5, 5.41) is 0. The van der Waals surface area contributed by atoms with Gasteiger partial charge in [0.1, 0.15) is 5.78 Å². The summed E-state index contributed by atoms with van der Waals surface area (Å²) in [7, 11) is 0. The molecule has 5 aliphatic carbocycles. The maximum absolute atomic E-state index is 13.8. The Balaban J connectivity index is 1.43. The minimum atomic E-state index is -0.00687. The van der Waals surface area contributed by atoms with Gasteiger partial charge in [0.2, 0.25) is 0 Å². The molecule has 0 amide bonds. The van der Waals surface area contributed by atoms with E-state index in [1.807, 2.05) is 0 Å². The van der Waals surface area contributed by atoms with Crippen molar-refractivity contribution in [3.8, 4) is 0 Å². The van der Waals surface area contributed by atoms with Gasteiger partial charge in [-0.05, 0) is 85.5 Å². The highest BCUT2D eigenvalue weighted by Crippen LogP contribution is 2.70. The molecule has 4 bridgehead atoms. The van der Waals surface area contributed by atoms with E-state index in [4.69, 9.17) is 0 Å². The van der Waals surface area contributed by atoms with Gasteiger partial charge in [-0.15, -0.1) is 0 Å². The van der Waals surface area contributed by atoms with E-state index in [1.54, 1.807) is 0 Å². The van der Waals surface area contributed by atoms with Gasteiger partial charge in [-0.1, -0.05) is 57.0 Å². The fraction of sp³-hybridized carbons (Fsp3) is 0.731. The molecule has 1 heteroatoms. The molecular weight excluding hydrogens is 328 g/mol. The van der Waals surface area contributed by atoms with E-state index < -0.39 is 0 Å². The van der Waals surface area contributed by atoms with Crippen LogP contribution in [0.5, 0.6) is 0 Å². The minimum absolute atomic E-state index is 0.00687. The molecule has 1 aromatic rings. The maximum atomic E-state index is 13.8. The highest BCUT2D eigenvalue weighted by atomic mass is 16.1. The van der Waals surface area contributed by atoms with Crippen molar-refractivity contribution in [2.75, 3.05) is 0 Å². The van der Waals surface area contributed by atoms with Gasteiger partial charge >= 0.3 is 0 Å². The third-order valence-electron chi connectivity index (χ3n) is 8.93. The second-order valence-corrected chi connectivity index (χ2v) is 11.5. The van der Waals surface area contributed by atoms with E-state index in [0.29, 0.717) is 17.1 Å². The Kier molecular flexibility index (Phi) is 4.12. The molecule has 1 nitrogen and oxygen atoms in total. The van der Waals surface area contributed by atoms with E-state index in [0.717, 1.165) is 24.7 Å². The molecule has 0 heterocycles. The summed E-state index contributed by atoms with van der Waals surface area (Å²) in [4.78, 5) is 13.8. The van der Waals surface area contributed by atoms with Gasteiger partial charge < -0.3 is 0 Å². The lowest BCUT2D eigenvalue weighted by molar-refractivity contribution is -0.159. The molecule has 0 radical (unpaired) electrons. The smallest absolute Gasteiger partial charge is 0.139 e. The van der Waals surface area contributed by atoms with E-state index in [9.17, 15) is 4.79 Å². The summed E-state index contributed by atoms with van der Waals surface area (Å²) in [5.74, 6) is 2.96. The average Bonchev–Trinajstić information content (AvgIpc) is 2.62. The molecule has 0 aliphatic heterocycles. The first-order valence-electron chi connectivity index (χ1n) is 11.5. The number of ketones is 1. The molecule has 0 spiro atoms. The molecule has 0 aromatic heterocycles. The van der Waals surface area contributed by atoms with Crippen LogP contribution < -0.4 is 0 Å². The summed E-state index contributed by atoms with van der Waals surface area (Å²) in [5.41, 5.74) is 2.16. The fourth-order valence-corrected chi connectivity index (χ4v) is 8.36. The summed E-state index contributed by atoms with van der Waals surface area (Å²) in [6.07, 6.45) is 13.6. The van der Waals surface area contributed by atoms with Crippen molar-refractivity contribution >= 4 is 5.78 Å². The Hall–Kier alpha value is -1.11. The number of hydrogen-bond donors (Lipinski definition) is 0. The molecule has 0 saturated heterocycles. The van der Waals surface area contributed by atoms with Gasteiger partial charge in [0.25, 0.3) is 0 Å². The van der Waals surface area contributed by atoms with Crippen molar-refractivity contribution in [1.82, 2.24) is 0 Å². The van der Waals surface area contributed by atoms with Crippen LogP contribution in [0.2, 0.25) is 0 Å². The monoisotopic (exact) mass is 364 g/mol. The van der Waals surface area contributed by atoms with Gasteiger partial charge in [-0.3, -0.25) is 4.79 Å². The number of benzene rings is 1. The van der Waals surface area contributed by atoms with Crippen LogP contribution in [0.1, 0.15) is 90.0 Å².